The number of carbonyl (C=O) groups excluding carboxylic acids is 2. The number of nitrogens with zero attached hydrogens (tertiary/aromatic N) is 1. The first-order chi connectivity index (χ1) is 12.1. The van der Waals surface area contributed by atoms with Gasteiger partial charge in [0.05, 0.1) is 6.20 Å². The smallest absolute Gasteiger partial charge is 0.330 e. The molecule has 5 atom stereocenters. The number of rotatable bonds is 4. The zero-order valence-corrected chi connectivity index (χ0v) is 13.7. The number of aromatic amines is 1. The number of carbonyl (C=O) groups is 2. The lowest BCUT2D eigenvalue weighted by Gasteiger charge is -2.42. The van der Waals surface area contributed by atoms with E-state index in [9.17, 15) is 33.8 Å². The van der Waals surface area contributed by atoms with Crippen molar-refractivity contribution >= 4 is 11.9 Å². The number of aliphatic hydroxyl groups excluding tert-OH is 2. The summed E-state index contributed by atoms with van der Waals surface area (Å²) in [6.45, 7) is 1.64. The van der Waals surface area contributed by atoms with E-state index in [1.165, 1.54) is 0 Å². The Bertz CT molecular complexity index is 804. The van der Waals surface area contributed by atoms with Crippen LogP contribution in [0.3, 0.4) is 0 Å². The maximum Gasteiger partial charge on any atom is 0.330 e. The Kier molecular flexibility index (Phi) is 5.90. The van der Waals surface area contributed by atoms with E-state index in [4.69, 9.17) is 14.2 Å². The molecule has 0 saturated carbocycles. The molecular formula is C14H17FN2O9. The number of esters is 2. The van der Waals surface area contributed by atoms with Gasteiger partial charge in [-0.05, 0) is 0 Å². The van der Waals surface area contributed by atoms with Crippen LogP contribution in [0.1, 0.15) is 20.1 Å². The number of aliphatic hydroxyl groups is 2. The van der Waals surface area contributed by atoms with Crippen molar-refractivity contribution in [1.29, 1.82) is 0 Å². The maximum absolute atomic E-state index is 13.5. The van der Waals surface area contributed by atoms with Crippen molar-refractivity contribution < 1.29 is 38.4 Å². The molecule has 1 fully saturated rings. The van der Waals surface area contributed by atoms with Crippen LogP contribution >= 0.6 is 0 Å². The molecule has 1 aliphatic heterocycles. The van der Waals surface area contributed by atoms with Crippen molar-refractivity contribution in [3.05, 3.63) is 32.9 Å². The van der Waals surface area contributed by atoms with Gasteiger partial charge in [-0.1, -0.05) is 0 Å². The molecule has 26 heavy (non-hydrogen) atoms. The maximum atomic E-state index is 13.5. The summed E-state index contributed by atoms with van der Waals surface area (Å²) in [7, 11) is 0. The standard InChI is InChI=1S/C14H17FN2O9/c1-5(18)24-4-8-9(20)11(25-6(2)19)10(21)13(26-8)17-3-7(15)12(22)16-14(17)23/h3,8-11,13,20-21H,4H2,1-2H3,(H,16,22,23)/t8-,9-,10-,11+,13-/m1/s1/i15-1. The molecule has 0 spiro atoms. The Hall–Kier alpha value is -2.57. The van der Waals surface area contributed by atoms with Gasteiger partial charge in [-0.25, -0.2) is 4.79 Å². The molecule has 1 aromatic rings. The van der Waals surface area contributed by atoms with Crippen molar-refractivity contribution in [3.63, 3.8) is 0 Å². The number of hydrogen-bond acceptors (Lipinski definition) is 9. The molecule has 0 unspecified atom stereocenters. The number of hydrogen-bond donors (Lipinski definition) is 3. The minimum atomic E-state index is -1.79. The number of aromatic nitrogens is 2. The van der Waals surface area contributed by atoms with E-state index < -0.39 is 66.3 Å². The predicted molar refractivity (Wildman–Crippen MR) is 79.4 cm³/mol. The van der Waals surface area contributed by atoms with Crippen LogP contribution in [0, 0.1) is 5.82 Å². The molecule has 1 aromatic heterocycles. The molecule has 0 bridgehead atoms. The SMILES string of the molecule is CC(=O)OC[C@H]1O[C@@H](n2cc([18F])c(=O)[nH]c2=O)[C@H](O)[C@@H](OC(C)=O)[C@@H]1O. The highest BCUT2D eigenvalue weighted by molar-refractivity contribution is 5.66. The average Bonchev–Trinajstić information content (AvgIpc) is 2.54. The molecule has 1 aliphatic rings. The van der Waals surface area contributed by atoms with Gasteiger partial charge in [0.15, 0.2) is 12.3 Å². The van der Waals surface area contributed by atoms with Crippen LogP contribution in [0.15, 0.2) is 15.8 Å². The van der Waals surface area contributed by atoms with Gasteiger partial charge in [-0.15, -0.1) is 0 Å². The van der Waals surface area contributed by atoms with Crippen LogP contribution in [0.4, 0.5) is 4.39 Å². The quantitative estimate of drug-likeness (QED) is 0.496. The van der Waals surface area contributed by atoms with Crippen LogP contribution in [-0.4, -0.2) is 62.7 Å². The second kappa shape index (κ2) is 7.76. The van der Waals surface area contributed by atoms with Crippen LogP contribution < -0.4 is 11.2 Å². The highest BCUT2D eigenvalue weighted by atomic mass is 18.2. The summed E-state index contributed by atoms with van der Waals surface area (Å²) in [4.78, 5) is 47.0. The number of nitrogens with one attached hydrogen (secondary N) is 1. The molecular weight excluding hydrogens is 358 g/mol. The van der Waals surface area contributed by atoms with Crippen LogP contribution in [0.2, 0.25) is 0 Å². The Morgan fingerprint density at radius 3 is 2.50 bits per heavy atom. The van der Waals surface area contributed by atoms with Crippen molar-refractivity contribution in [3.8, 4) is 0 Å². The topological polar surface area (TPSA) is 157 Å². The van der Waals surface area contributed by atoms with Gasteiger partial charge < -0.3 is 24.4 Å². The van der Waals surface area contributed by atoms with Crippen molar-refractivity contribution in [2.24, 2.45) is 0 Å². The first kappa shape index (κ1) is 19.8. The van der Waals surface area contributed by atoms with Gasteiger partial charge in [0, 0.05) is 13.8 Å². The lowest BCUT2D eigenvalue weighted by atomic mass is 9.98. The Morgan fingerprint density at radius 2 is 1.92 bits per heavy atom. The normalized spacial score (nSPS) is 28.4. The molecule has 144 valence electrons. The van der Waals surface area contributed by atoms with E-state index in [1.54, 1.807) is 4.98 Å². The van der Waals surface area contributed by atoms with Gasteiger partial charge in [0.1, 0.15) is 24.9 Å². The lowest BCUT2D eigenvalue weighted by molar-refractivity contribution is -0.259. The first-order valence-corrected chi connectivity index (χ1v) is 7.45. The van der Waals surface area contributed by atoms with Gasteiger partial charge >= 0.3 is 17.6 Å². The van der Waals surface area contributed by atoms with E-state index in [-0.39, 0.29) is 0 Å². The largest absolute Gasteiger partial charge is 0.463 e. The summed E-state index contributed by atoms with van der Waals surface area (Å²) in [5, 5.41) is 20.6. The summed E-state index contributed by atoms with van der Waals surface area (Å²) >= 11 is 0. The minimum Gasteiger partial charge on any atom is -0.463 e. The Labute approximate surface area is 144 Å². The number of H-pyrrole nitrogens is 1. The zero-order chi connectivity index (χ0) is 19.6. The van der Waals surface area contributed by atoms with Crippen LogP contribution in [-0.2, 0) is 23.8 Å². The summed E-state index contributed by atoms with van der Waals surface area (Å²) in [6.07, 6.45) is -7.40. The summed E-state index contributed by atoms with van der Waals surface area (Å²) in [5.41, 5.74) is -2.38. The highest BCUT2D eigenvalue weighted by Gasteiger charge is 2.48. The Balaban J connectivity index is 2.41. The van der Waals surface area contributed by atoms with Crippen molar-refractivity contribution in [2.45, 2.75) is 44.5 Å². The minimum absolute atomic E-state index is 0.488. The van der Waals surface area contributed by atoms with Gasteiger partial charge in [-0.3, -0.25) is 23.9 Å². The number of halogens is 1. The fourth-order valence-corrected chi connectivity index (χ4v) is 2.46. The molecule has 11 nitrogen and oxygen atoms in total. The second-order valence-electron chi connectivity index (χ2n) is 5.57. The van der Waals surface area contributed by atoms with Crippen molar-refractivity contribution in [1.82, 2.24) is 9.55 Å². The van der Waals surface area contributed by atoms with E-state index in [0.717, 1.165) is 13.8 Å². The third-order valence-corrected chi connectivity index (χ3v) is 3.61. The first-order valence-electron chi connectivity index (χ1n) is 7.45. The van der Waals surface area contributed by atoms with Gasteiger partial charge in [-0.2, -0.15) is 4.39 Å². The average molecular weight is 375 g/mol. The van der Waals surface area contributed by atoms with Crippen LogP contribution in [0.5, 0.6) is 0 Å². The Morgan fingerprint density at radius 1 is 1.27 bits per heavy atom. The molecule has 0 radical (unpaired) electrons. The van der Waals surface area contributed by atoms with E-state index >= 15 is 0 Å². The fraction of sp³-hybridized carbons (Fsp3) is 0.571. The van der Waals surface area contributed by atoms with E-state index in [0.29, 0.717) is 10.8 Å². The van der Waals surface area contributed by atoms with Crippen LogP contribution in [0.25, 0.3) is 0 Å². The molecule has 1 saturated heterocycles. The monoisotopic (exact) mass is 375 g/mol. The highest BCUT2D eigenvalue weighted by Crippen LogP contribution is 2.29. The predicted octanol–water partition coefficient (Wildman–Crippen LogP) is -2.21. The molecule has 12 heteroatoms. The summed E-state index contributed by atoms with van der Waals surface area (Å²) < 4.78 is 29.0. The van der Waals surface area contributed by atoms with Gasteiger partial charge in [0.2, 0.25) is 5.82 Å². The fourth-order valence-electron chi connectivity index (χ4n) is 2.46. The lowest BCUT2D eigenvalue weighted by Crippen LogP contribution is -2.59. The van der Waals surface area contributed by atoms with E-state index in [2.05, 4.69) is 0 Å². The molecule has 0 aromatic carbocycles. The molecule has 0 aliphatic carbocycles. The molecule has 2 rings (SSSR count). The zero-order valence-electron chi connectivity index (χ0n) is 13.7. The molecule has 2 heterocycles. The second-order valence-corrected chi connectivity index (χ2v) is 5.57. The van der Waals surface area contributed by atoms with Gasteiger partial charge in [0.25, 0.3) is 5.56 Å². The third kappa shape index (κ3) is 4.15. The molecule has 0 amide bonds. The van der Waals surface area contributed by atoms with E-state index in [1.807, 2.05) is 0 Å². The van der Waals surface area contributed by atoms with Crippen molar-refractivity contribution in [2.75, 3.05) is 6.61 Å². The third-order valence-electron chi connectivity index (χ3n) is 3.61. The molecule has 3 N–H and O–H groups in total. The summed E-state index contributed by atoms with van der Waals surface area (Å²) in [5.74, 6) is -2.87. The number of ether oxygens (including phenoxy) is 3. The summed E-state index contributed by atoms with van der Waals surface area (Å²) in [6, 6.07) is 0.